The summed E-state index contributed by atoms with van der Waals surface area (Å²) in [5.74, 6) is 1.11. The fourth-order valence-electron chi connectivity index (χ4n) is 5.25. The van der Waals surface area contributed by atoms with Crippen molar-refractivity contribution in [3.63, 3.8) is 0 Å². The first kappa shape index (κ1) is 23.4. The SMILES string of the molecule is CNC(=O)c1cc2c(OCC(O)CN3CCC(c4ccc5ccccc5c4)CC3)cccc2n1C. The van der Waals surface area contributed by atoms with Crippen molar-refractivity contribution >= 4 is 27.6 Å². The third kappa shape index (κ3) is 4.90. The fourth-order valence-corrected chi connectivity index (χ4v) is 5.25. The number of piperidine rings is 1. The lowest BCUT2D eigenvalue weighted by Gasteiger charge is -2.33. The van der Waals surface area contributed by atoms with Gasteiger partial charge in [-0.25, -0.2) is 0 Å². The molecule has 1 amide bonds. The maximum Gasteiger partial charge on any atom is 0.267 e. The highest BCUT2D eigenvalue weighted by Crippen LogP contribution is 2.31. The Morgan fingerprint density at radius 2 is 1.83 bits per heavy atom. The van der Waals surface area contributed by atoms with Crippen molar-refractivity contribution in [3.05, 3.63) is 78.0 Å². The number of aryl methyl sites for hydroxylation is 1. The van der Waals surface area contributed by atoms with Gasteiger partial charge in [0.15, 0.2) is 0 Å². The Kier molecular flexibility index (Phi) is 6.75. The number of nitrogens with one attached hydrogen (secondary N) is 1. The number of carbonyl (C=O) groups excluding carboxylic acids is 1. The standard InChI is InChI=1S/C29H33N3O3/c1-30-29(34)27-17-25-26(31(27)2)8-5-9-28(25)35-19-24(33)18-32-14-12-21(13-15-32)23-11-10-20-6-3-4-7-22(20)16-23/h3-11,16-17,21,24,33H,12-15,18-19H2,1-2H3,(H,30,34). The summed E-state index contributed by atoms with van der Waals surface area (Å²) in [4.78, 5) is 14.5. The van der Waals surface area contributed by atoms with Crippen molar-refractivity contribution in [2.45, 2.75) is 24.9 Å². The average molecular weight is 472 g/mol. The number of aliphatic hydroxyl groups excluding tert-OH is 1. The van der Waals surface area contributed by atoms with Crippen LogP contribution in [0.25, 0.3) is 21.7 Å². The zero-order valence-corrected chi connectivity index (χ0v) is 20.4. The van der Waals surface area contributed by atoms with E-state index < -0.39 is 6.10 Å². The lowest BCUT2D eigenvalue weighted by Crippen LogP contribution is -2.40. The number of nitrogens with zero attached hydrogens (tertiary/aromatic N) is 2. The Balaban J connectivity index is 1.16. The van der Waals surface area contributed by atoms with Gasteiger partial charge in [0.05, 0.1) is 5.52 Å². The molecule has 2 N–H and O–H groups in total. The second kappa shape index (κ2) is 10.1. The van der Waals surface area contributed by atoms with E-state index in [4.69, 9.17) is 4.74 Å². The van der Waals surface area contributed by atoms with Gasteiger partial charge in [0, 0.05) is 26.0 Å². The number of likely N-dealkylation sites (tertiary alicyclic amines) is 1. The van der Waals surface area contributed by atoms with Crippen LogP contribution in [-0.2, 0) is 7.05 Å². The van der Waals surface area contributed by atoms with Crippen molar-refractivity contribution in [2.24, 2.45) is 7.05 Å². The van der Waals surface area contributed by atoms with E-state index in [0.717, 1.165) is 36.8 Å². The van der Waals surface area contributed by atoms with Crippen LogP contribution in [0, 0.1) is 0 Å². The highest BCUT2D eigenvalue weighted by atomic mass is 16.5. The van der Waals surface area contributed by atoms with E-state index in [1.807, 2.05) is 35.9 Å². The molecule has 1 fully saturated rings. The molecule has 1 aliphatic heterocycles. The van der Waals surface area contributed by atoms with E-state index in [0.29, 0.717) is 23.9 Å². The molecule has 0 radical (unpaired) electrons. The highest BCUT2D eigenvalue weighted by Gasteiger charge is 2.23. The Morgan fingerprint density at radius 1 is 1.06 bits per heavy atom. The highest BCUT2D eigenvalue weighted by molar-refractivity contribution is 6.00. The summed E-state index contributed by atoms with van der Waals surface area (Å²) in [6.07, 6.45) is 1.61. The molecule has 1 aromatic heterocycles. The van der Waals surface area contributed by atoms with Crippen LogP contribution < -0.4 is 10.1 Å². The number of aromatic nitrogens is 1. The zero-order chi connectivity index (χ0) is 24.4. The second-order valence-electron chi connectivity index (χ2n) is 9.50. The number of carbonyl (C=O) groups is 1. The van der Waals surface area contributed by atoms with Crippen molar-refractivity contribution in [3.8, 4) is 5.75 Å². The van der Waals surface area contributed by atoms with Crippen molar-refractivity contribution < 1.29 is 14.6 Å². The molecule has 2 heterocycles. The van der Waals surface area contributed by atoms with Crippen LogP contribution >= 0.6 is 0 Å². The summed E-state index contributed by atoms with van der Waals surface area (Å²) < 4.78 is 7.87. The van der Waals surface area contributed by atoms with E-state index in [1.165, 1.54) is 16.3 Å². The number of hydrogen-bond acceptors (Lipinski definition) is 4. The molecule has 1 atom stereocenters. The first-order chi connectivity index (χ1) is 17.0. The molecule has 1 saturated heterocycles. The van der Waals surface area contributed by atoms with Crippen molar-refractivity contribution in [1.82, 2.24) is 14.8 Å². The lowest BCUT2D eigenvalue weighted by molar-refractivity contribution is 0.0599. The van der Waals surface area contributed by atoms with Crippen LogP contribution in [0.2, 0.25) is 0 Å². The quantitative estimate of drug-likeness (QED) is 0.422. The smallest absolute Gasteiger partial charge is 0.267 e. The van der Waals surface area contributed by atoms with Crippen LogP contribution in [0.15, 0.2) is 66.7 Å². The Morgan fingerprint density at radius 3 is 2.60 bits per heavy atom. The molecule has 182 valence electrons. The molecular formula is C29H33N3O3. The van der Waals surface area contributed by atoms with Crippen LogP contribution in [0.5, 0.6) is 5.75 Å². The fraction of sp³-hybridized carbons (Fsp3) is 0.345. The number of hydrogen-bond donors (Lipinski definition) is 2. The van der Waals surface area contributed by atoms with Gasteiger partial charge in [0.1, 0.15) is 24.2 Å². The molecule has 4 aromatic rings. The van der Waals surface area contributed by atoms with Gasteiger partial charge >= 0.3 is 0 Å². The number of rotatable bonds is 7. The Hall–Kier alpha value is -3.35. The van der Waals surface area contributed by atoms with E-state index in [2.05, 4.69) is 52.7 Å². The van der Waals surface area contributed by atoms with Crippen LogP contribution in [0.4, 0.5) is 0 Å². The van der Waals surface area contributed by atoms with Gasteiger partial charge in [-0.2, -0.15) is 0 Å². The van der Waals surface area contributed by atoms with E-state index in [-0.39, 0.29) is 12.5 Å². The predicted octanol–water partition coefficient (Wildman–Crippen LogP) is 4.31. The molecule has 6 heteroatoms. The monoisotopic (exact) mass is 471 g/mol. The topological polar surface area (TPSA) is 66.7 Å². The number of fused-ring (bicyclic) bond motifs is 2. The van der Waals surface area contributed by atoms with Crippen LogP contribution in [0.1, 0.15) is 34.8 Å². The lowest BCUT2D eigenvalue weighted by atomic mass is 9.88. The molecule has 0 bridgehead atoms. The van der Waals surface area contributed by atoms with E-state index in [9.17, 15) is 9.90 Å². The minimum Gasteiger partial charge on any atom is -0.490 e. The van der Waals surface area contributed by atoms with Gasteiger partial charge in [0.2, 0.25) is 0 Å². The molecule has 0 spiro atoms. The summed E-state index contributed by atoms with van der Waals surface area (Å²) >= 11 is 0. The third-order valence-electron chi connectivity index (χ3n) is 7.24. The maximum atomic E-state index is 12.2. The maximum absolute atomic E-state index is 12.2. The Bertz CT molecular complexity index is 1340. The summed E-state index contributed by atoms with van der Waals surface area (Å²) in [6, 6.07) is 22.9. The van der Waals surface area contributed by atoms with Crippen molar-refractivity contribution in [1.29, 1.82) is 0 Å². The summed E-state index contributed by atoms with van der Waals surface area (Å²) in [5.41, 5.74) is 2.92. The minimum absolute atomic E-state index is 0.137. The molecule has 1 aliphatic rings. The summed E-state index contributed by atoms with van der Waals surface area (Å²) in [5, 5.41) is 16.8. The van der Waals surface area contributed by atoms with E-state index >= 15 is 0 Å². The molecule has 1 unspecified atom stereocenters. The van der Waals surface area contributed by atoms with Gasteiger partial charge in [-0.3, -0.25) is 4.79 Å². The average Bonchev–Trinajstić information content (AvgIpc) is 3.24. The van der Waals surface area contributed by atoms with Gasteiger partial charge in [-0.1, -0.05) is 48.5 Å². The third-order valence-corrected chi connectivity index (χ3v) is 7.24. The van der Waals surface area contributed by atoms with Crippen LogP contribution in [-0.4, -0.2) is 59.9 Å². The summed E-state index contributed by atoms with van der Waals surface area (Å²) in [6.45, 7) is 2.75. The number of amides is 1. The first-order valence-corrected chi connectivity index (χ1v) is 12.4. The zero-order valence-electron chi connectivity index (χ0n) is 20.4. The minimum atomic E-state index is -0.579. The van der Waals surface area contributed by atoms with Gasteiger partial charge < -0.3 is 24.6 Å². The molecule has 5 rings (SSSR count). The normalized spacial score (nSPS) is 16.0. The van der Waals surface area contributed by atoms with Gasteiger partial charge in [-0.05, 0) is 66.4 Å². The largest absolute Gasteiger partial charge is 0.490 e. The first-order valence-electron chi connectivity index (χ1n) is 12.4. The van der Waals surface area contributed by atoms with Gasteiger partial charge in [-0.15, -0.1) is 0 Å². The molecule has 0 saturated carbocycles. The predicted molar refractivity (Wildman–Crippen MR) is 140 cm³/mol. The number of β-amino-alcohol motifs (C(OH)–C–C–N with tert-alkyl or cyclic N) is 1. The number of aliphatic hydroxyl groups is 1. The molecule has 6 nitrogen and oxygen atoms in total. The van der Waals surface area contributed by atoms with Crippen LogP contribution in [0.3, 0.4) is 0 Å². The van der Waals surface area contributed by atoms with Gasteiger partial charge in [0.25, 0.3) is 5.91 Å². The molecular weight excluding hydrogens is 438 g/mol. The van der Waals surface area contributed by atoms with Crippen molar-refractivity contribution in [2.75, 3.05) is 33.3 Å². The van der Waals surface area contributed by atoms with E-state index in [1.54, 1.807) is 7.05 Å². The summed E-state index contributed by atoms with van der Waals surface area (Å²) in [7, 11) is 3.49. The molecule has 3 aromatic carbocycles. The molecule has 35 heavy (non-hydrogen) atoms. The molecule has 0 aliphatic carbocycles. The number of ether oxygens (including phenoxy) is 1. The number of benzene rings is 3. The Labute approximate surface area is 206 Å². The second-order valence-corrected chi connectivity index (χ2v) is 9.50.